The molecule has 0 bridgehead atoms. The molecule has 256 valence electrons. The zero-order valence-electron chi connectivity index (χ0n) is 28.1. The molecule has 3 aliphatic heterocycles. The quantitative estimate of drug-likeness (QED) is 0.250. The first-order chi connectivity index (χ1) is 20.7. The summed E-state index contributed by atoms with van der Waals surface area (Å²) in [6.07, 6.45) is -4.12. The summed E-state index contributed by atoms with van der Waals surface area (Å²) in [6, 6.07) is -1.29. The van der Waals surface area contributed by atoms with Crippen LogP contribution >= 0.6 is 0 Å². The zero-order chi connectivity index (χ0) is 34.2. The predicted octanol–water partition coefficient (Wildman–Crippen LogP) is 2.74. The summed E-state index contributed by atoms with van der Waals surface area (Å²) in [6.45, 7) is 15.6. The van der Waals surface area contributed by atoms with Crippen LogP contribution in [0.15, 0.2) is 12.7 Å². The number of hydrogen-bond donors (Lipinski definition) is 2. The van der Waals surface area contributed by atoms with Gasteiger partial charge in [-0.3, -0.25) is 9.59 Å². The zero-order valence-corrected chi connectivity index (χ0v) is 28.1. The van der Waals surface area contributed by atoms with Crippen molar-refractivity contribution in [2.24, 2.45) is 17.8 Å². The molecule has 1 amide bonds. The van der Waals surface area contributed by atoms with Gasteiger partial charge in [0, 0.05) is 23.8 Å². The van der Waals surface area contributed by atoms with E-state index in [4.69, 9.17) is 23.7 Å². The van der Waals surface area contributed by atoms with E-state index in [1.54, 1.807) is 20.8 Å². The Bertz CT molecular complexity index is 1150. The minimum Gasteiger partial charge on any atom is -0.456 e. The average molecular weight is 643 g/mol. The maximum Gasteiger partial charge on any atom is 0.408 e. The van der Waals surface area contributed by atoms with Crippen LogP contribution in [-0.2, 0) is 38.1 Å². The molecule has 2 N–H and O–H groups in total. The summed E-state index contributed by atoms with van der Waals surface area (Å²) in [7, 11) is 3.62. The van der Waals surface area contributed by atoms with Crippen molar-refractivity contribution in [3.63, 3.8) is 0 Å². The number of cyclic esters (lactones) is 1. The van der Waals surface area contributed by atoms with Crippen molar-refractivity contribution in [2.45, 2.75) is 128 Å². The fourth-order valence-corrected chi connectivity index (χ4v) is 6.99. The van der Waals surface area contributed by atoms with E-state index in [1.165, 1.54) is 26.8 Å². The number of carbonyl (C=O) groups excluding carboxylic acids is 4. The van der Waals surface area contributed by atoms with Crippen LogP contribution in [0.2, 0.25) is 0 Å². The number of alkyl carbamates (subject to hydrolysis) is 1. The summed E-state index contributed by atoms with van der Waals surface area (Å²) in [5.41, 5.74) is -6.16. The van der Waals surface area contributed by atoms with Crippen LogP contribution < -0.4 is 5.32 Å². The molecule has 0 aliphatic carbocycles. The van der Waals surface area contributed by atoms with E-state index < -0.39 is 83.1 Å². The van der Waals surface area contributed by atoms with Gasteiger partial charge in [0.2, 0.25) is 0 Å². The molecule has 0 radical (unpaired) electrons. The molecule has 0 aromatic rings. The maximum atomic E-state index is 16.4. The van der Waals surface area contributed by atoms with Crippen LogP contribution in [0.5, 0.6) is 0 Å². The van der Waals surface area contributed by atoms with Crippen LogP contribution in [0.1, 0.15) is 68.2 Å². The second-order valence-electron chi connectivity index (χ2n) is 13.7. The van der Waals surface area contributed by atoms with Gasteiger partial charge in [0.1, 0.15) is 18.0 Å². The highest BCUT2D eigenvalue weighted by Gasteiger charge is 2.59. The van der Waals surface area contributed by atoms with Crippen LogP contribution in [0, 0.1) is 17.8 Å². The number of nitrogens with zero attached hydrogens (tertiary/aromatic N) is 1. The molecule has 3 heterocycles. The molecule has 0 saturated carbocycles. The normalized spacial score (nSPS) is 45.3. The van der Waals surface area contributed by atoms with Crippen molar-refractivity contribution in [1.29, 1.82) is 0 Å². The number of amides is 1. The Kier molecular flexibility index (Phi) is 11.3. The molecule has 3 saturated heterocycles. The standard InChI is InChI=1S/C32H51FN2O10/c1-12-13-41-30(7)15-16(2)22(36)18(4)24-32(9,45-29(40)34-24)20(6)43-28(39)31(8,33)25(38)19(5)26(30)44-27-23(37)21(35(10)11)14-17(3)42-27/h12,16-21,23-24,26-27,37H,1,13-15H2,2-11H3,(H,34,40)/t16-,17-,18-,19+,20+,21+,23-,24-,26-,27+,30+,31+,32-/m1/s1. The van der Waals surface area contributed by atoms with Crippen molar-refractivity contribution in [3.8, 4) is 0 Å². The number of rotatable bonds is 6. The van der Waals surface area contributed by atoms with E-state index in [9.17, 15) is 24.3 Å². The summed E-state index contributed by atoms with van der Waals surface area (Å²) < 4.78 is 46.0. The van der Waals surface area contributed by atoms with Crippen molar-refractivity contribution in [1.82, 2.24) is 10.2 Å². The Labute approximate surface area is 265 Å². The molecule has 13 atom stereocenters. The molecule has 3 rings (SSSR count). The lowest BCUT2D eigenvalue weighted by Gasteiger charge is -2.47. The van der Waals surface area contributed by atoms with Gasteiger partial charge >= 0.3 is 12.1 Å². The molecule has 3 fully saturated rings. The Hall–Kier alpha value is -2.45. The first kappa shape index (κ1) is 37.0. The Morgan fingerprint density at radius 1 is 1.09 bits per heavy atom. The van der Waals surface area contributed by atoms with Crippen molar-refractivity contribution < 1.29 is 52.4 Å². The summed E-state index contributed by atoms with van der Waals surface area (Å²) in [5.74, 6) is -5.82. The Morgan fingerprint density at radius 2 is 1.71 bits per heavy atom. The Balaban J connectivity index is 2.16. The van der Waals surface area contributed by atoms with Gasteiger partial charge in [-0.05, 0) is 61.6 Å². The number of ketones is 2. The molecule has 45 heavy (non-hydrogen) atoms. The fourth-order valence-electron chi connectivity index (χ4n) is 6.99. The highest BCUT2D eigenvalue weighted by molar-refractivity contribution is 6.07. The van der Waals surface area contributed by atoms with Gasteiger partial charge < -0.3 is 39.0 Å². The molecule has 0 spiro atoms. The molecule has 0 unspecified atom stereocenters. The van der Waals surface area contributed by atoms with Crippen LogP contribution in [-0.4, -0.2) is 114 Å². The molecule has 13 heteroatoms. The Morgan fingerprint density at radius 3 is 2.29 bits per heavy atom. The van der Waals surface area contributed by atoms with Crippen LogP contribution in [0.4, 0.5) is 9.18 Å². The molecule has 0 aromatic heterocycles. The van der Waals surface area contributed by atoms with E-state index in [2.05, 4.69) is 11.9 Å². The molecule has 3 aliphatic rings. The molecular formula is C32H51FN2O10. The number of likely N-dealkylation sites (N-methyl/N-ethyl adjacent to an activating group) is 1. The highest BCUT2D eigenvalue weighted by Crippen LogP contribution is 2.40. The number of aliphatic hydroxyl groups is 1. The topological polar surface area (TPSA) is 150 Å². The number of alkyl halides is 1. The van der Waals surface area contributed by atoms with Crippen molar-refractivity contribution >= 4 is 23.6 Å². The first-order valence-electron chi connectivity index (χ1n) is 15.6. The molecular weight excluding hydrogens is 591 g/mol. The first-order valence-corrected chi connectivity index (χ1v) is 15.6. The third-order valence-corrected chi connectivity index (χ3v) is 9.84. The number of nitrogens with one attached hydrogen (secondary N) is 1. The van der Waals surface area contributed by atoms with Crippen LogP contribution in [0.3, 0.4) is 0 Å². The third kappa shape index (κ3) is 7.27. The summed E-state index contributed by atoms with van der Waals surface area (Å²) >= 11 is 0. The number of carbonyl (C=O) groups is 4. The average Bonchev–Trinajstić information content (AvgIpc) is 3.28. The van der Waals surface area contributed by atoms with E-state index >= 15 is 4.39 Å². The molecule has 0 aromatic carbocycles. The number of aliphatic hydroxyl groups excluding tert-OH is 1. The smallest absolute Gasteiger partial charge is 0.408 e. The fraction of sp³-hybridized carbons (Fsp3) is 0.812. The number of halogens is 1. The van der Waals surface area contributed by atoms with Gasteiger partial charge in [-0.15, -0.1) is 6.58 Å². The third-order valence-electron chi connectivity index (χ3n) is 9.84. The van der Waals surface area contributed by atoms with Crippen LogP contribution in [0.25, 0.3) is 0 Å². The number of ether oxygens (including phenoxy) is 5. The van der Waals surface area contributed by atoms with Gasteiger partial charge in [0.05, 0.1) is 30.5 Å². The second-order valence-corrected chi connectivity index (χ2v) is 13.7. The number of hydrogen-bond acceptors (Lipinski definition) is 11. The largest absolute Gasteiger partial charge is 0.456 e. The van der Waals surface area contributed by atoms with E-state index in [0.717, 1.165) is 6.92 Å². The number of fused-ring (bicyclic) bond motifs is 1. The monoisotopic (exact) mass is 642 g/mol. The molecule has 12 nitrogen and oxygen atoms in total. The lowest BCUT2D eigenvalue weighted by atomic mass is 9.73. The second kappa shape index (κ2) is 13.7. The lowest BCUT2D eigenvalue weighted by molar-refractivity contribution is -0.297. The highest BCUT2D eigenvalue weighted by atomic mass is 19.1. The van der Waals surface area contributed by atoms with Gasteiger partial charge in [0.25, 0.3) is 5.67 Å². The minimum absolute atomic E-state index is 0.0109. The SMILES string of the molecule is C=CCO[C@@]1(C)C[C@@H](C)C(=O)[C@@H](C)[C@H]2NC(=O)O[C@]2(C)[C@H](C)OC(=O)[C@@](C)(F)C(=O)[C@H](C)[C@H]1O[C@@H]1O[C@H](C)C[C@H](N(C)C)[C@H]1O. The van der Waals surface area contributed by atoms with E-state index in [1.807, 2.05) is 25.9 Å². The van der Waals surface area contributed by atoms with Crippen molar-refractivity contribution in [3.05, 3.63) is 12.7 Å². The number of esters is 1. The minimum atomic E-state index is -3.15. The van der Waals surface area contributed by atoms with E-state index in [0.29, 0.717) is 6.42 Å². The number of Topliss-reactive ketones (excluding diaryl/α,β-unsaturated/α-hetero) is 2. The van der Waals surface area contributed by atoms with Crippen molar-refractivity contribution in [2.75, 3.05) is 20.7 Å². The maximum absolute atomic E-state index is 16.4. The van der Waals surface area contributed by atoms with Gasteiger partial charge in [-0.25, -0.2) is 14.0 Å². The lowest BCUT2D eigenvalue weighted by Crippen LogP contribution is -2.61. The van der Waals surface area contributed by atoms with Gasteiger partial charge in [-0.2, -0.15) is 0 Å². The van der Waals surface area contributed by atoms with E-state index in [-0.39, 0.29) is 31.0 Å². The van der Waals surface area contributed by atoms with Gasteiger partial charge in [-0.1, -0.05) is 26.8 Å². The summed E-state index contributed by atoms with van der Waals surface area (Å²) in [4.78, 5) is 55.5. The predicted molar refractivity (Wildman–Crippen MR) is 161 cm³/mol. The van der Waals surface area contributed by atoms with Gasteiger partial charge in [0.15, 0.2) is 17.7 Å². The summed E-state index contributed by atoms with van der Waals surface area (Å²) in [5, 5.41) is 13.9.